The number of nitrogens with two attached hydrogens (primary N) is 4. The number of anilines is 6. The third kappa shape index (κ3) is 43.2. The van der Waals surface area contributed by atoms with Crippen molar-refractivity contribution in [3.05, 3.63) is 225 Å². The molecule has 3 aliphatic rings. The SMILES string of the molecule is BrB(Br)Br.C=CC(=O)OCCCCOC(=O)C1CCC(C(=O)O)CC1.C=CC(=O)OCCCCOC(=O)C1CCC(C(=O)Oc2ccc(OC(=O)C3CCC(C(=O)OCCCCOC(=O)C=C)CC3)c(NN=Nc3nc4ccccc4s3)c2)CC1.COc1ccc(C)cc1N.Cc1ccc(C)c(N)c1.N.Nc1nc2ccccc2s1.Nc1nc2ccccc2s1.Oc1ccc(O)c(NN=Nc2nc3ccccc3s2)c1. The number of phenolic OH excluding ortho intramolecular Hbond substituents is 2. The van der Waals surface area contributed by atoms with E-state index in [1.165, 1.54) is 87.3 Å². The van der Waals surface area contributed by atoms with Gasteiger partial charge < -0.3 is 87.0 Å². The number of fused-ring (bicyclic) bond motifs is 4. The lowest BCUT2D eigenvalue weighted by Crippen LogP contribution is -2.30. The van der Waals surface area contributed by atoms with Crippen molar-refractivity contribution in [3.8, 4) is 28.7 Å². The Morgan fingerprint density at radius 1 is 0.414 bits per heavy atom. The number of carbonyl (C=O) groups excluding carboxylic acids is 8. The number of aliphatic carboxylic acids is 1. The van der Waals surface area contributed by atoms with Crippen molar-refractivity contribution >= 4 is 234 Å². The van der Waals surface area contributed by atoms with E-state index < -0.39 is 47.7 Å². The third-order valence-electron chi connectivity index (χ3n) is 21.8. The Morgan fingerprint density at radius 2 is 0.752 bits per heavy atom. The van der Waals surface area contributed by atoms with Gasteiger partial charge in [-0.3, -0.25) is 39.6 Å². The molecule has 3 fully saturated rings. The van der Waals surface area contributed by atoms with Gasteiger partial charge in [0.1, 0.15) is 34.4 Å². The molecule has 0 bridgehead atoms. The molecule has 4 heterocycles. The maximum Gasteiger partial charge on any atom is 0.369 e. The Morgan fingerprint density at radius 3 is 1.11 bits per heavy atom. The molecule has 15 rings (SSSR count). The molecule has 16 N–H and O–H groups in total. The minimum Gasteiger partial charge on any atom is -0.508 e. The number of thiazole rings is 4. The molecule has 0 saturated heterocycles. The second-order valence-corrected chi connectivity index (χ2v) is 42.9. The van der Waals surface area contributed by atoms with Gasteiger partial charge in [0, 0.05) is 36.0 Å². The van der Waals surface area contributed by atoms with Gasteiger partial charge in [-0.1, -0.05) is 142 Å². The lowest BCUT2D eigenvalue weighted by molar-refractivity contribution is -0.153. The molecule has 772 valence electrons. The largest absolute Gasteiger partial charge is 0.508 e. The van der Waals surface area contributed by atoms with Crippen LogP contribution in [0, 0.1) is 56.3 Å². The summed E-state index contributed by atoms with van der Waals surface area (Å²) in [5, 5.41) is 45.9. The average molecular weight is 2260 g/mol. The van der Waals surface area contributed by atoms with Crippen molar-refractivity contribution in [1.82, 2.24) is 26.1 Å². The Kier molecular flexibility index (Phi) is 52.7. The number of hydrogen-bond donors (Lipinski definition) is 10. The first kappa shape index (κ1) is 119. The number of halogens is 3. The van der Waals surface area contributed by atoms with Crippen LogP contribution in [0.4, 0.5) is 43.3 Å². The summed E-state index contributed by atoms with van der Waals surface area (Å²) in [6.45, 7) is 17.5. The van der Waals surface area contributed by atoms with Crippen molar-refractivity contribution in [1.29, 1.82) is 0 Å². The number of unbranched alkanes of at least 4 members (excludes halogenated alkanes) is 3. The van der Waals surface area contributed by atoms with Gasteiger partial charge in [-0.05, 0) is 244 Å². The second kappa shape index (κ2) is 64.4. The standard InChI is InChI=1S/C43H50N4O12S.C15H22O6.C13H10N4O2S.C8H11NO.C8H11N.2C7H6N2S.BBr3.H3N/c1-3-37(48)54-23-7-9-25-56-39(50)28-13-17-30(18-14-28)41(52)58-32-21-22-35(34(27-32)45-47-46-43-44-33-11-5-6-12-36(33)60-43)59-42(53)31-19-15-29(16-20-31)40(51)57-26-10-8-24-55-38(49)4-2;1-2-13(16)20-9-3-4-10-21-15(19)12-7-5-11(6-8-12)14(17)18;18-8-5-6-11(19)10(7-8)15-17-16-13-14-9-3-1-2-4-12(9)20-13;1-6-3-4-8(10-2)7(9)5-6;1-6-3-4-7(2)8(9)5-6;2*8-7-9-5-3-1-2-4-6(5)10-7;2-1(3)4;/h3-6,11-12,21-22,27-31H,1-2,7-10,13-20,23-26H2,(H,44,45,46);2,11-12H,1,3-10H2,(H,17,18);1-7,18-19H,(H,14,15,16);3-5H,9H2,1-2H3;3-5H,9H2,1-2H3;2*1-4H,(H2,8,9);;1H3. The van der Waals surface area contributed by atoms with Crippen molar-refractivity contribution in [2.45, 2.75) is 136 Å². The van der Waals surface area contributed by atoms with Crippen LogP contribution in [0.1, 0.15) is 132 Å². The maximum absolute atomic E-state index is 13.4. The highest BCUT2D eigenvalue weighted by Crippen LogP contribution is 2.39. The molecule has 0 amide bonds. The van der Waals surface area contributed by atoms with Gasteiger partial charge >= 0.3 is 56.9 Å². The lowest BCUT2D eigenvalue weighted by Gasteiger charge is -2.26. The van der Waals surface area contributed by atoms with E-state index in [2.05, 4.69) is 125 Å². The Hall–Kier alpha value is -13.4. The van der Waals surface area contributed by atoms with Crippen molar-refractivity contribution in [2.75, 3.05) is 80.5 Å². The number of carboxylic acids is 1. The topological polar surface area (TPSA) is 562 Å². The molecule has 0 atom stereocenters. The molecule has 44 heteroatoms. The van der Waals surface area contributed by atoms with Crippen LogP contribution in [0.25, 0.3) is 40.9 Å². The number of aryl methyl sites for hydroxylation is 3. The molecule has 145 heavy (non-hydrogen) atoms. The van der Waals surface area contributed by atoms with Crippen molar-refractivity contribution in [3.63, 3.8) is 0 Å². The van der Waals surface area contributed by atoms with Gasteiger partial charge in [0.15, 0.2) is 16.0 Å². The Bertz CT molecular complexity index is 6080. The fourth-order valence-corrected chi connectivity index (χ4v) is 17.1. The molecule has 4 aromatic heterocycles. The predicted molar refractivity (Wildman–Crippen MR) is 579 cm³/mol. The van der Waals surface area contributed by atoms with Gasteiger partial charge in [0.05, 0.1) is 129 Å². The summed E-state index contributed by atoms with van der Waals surface area (Å²) in [4.78, 5) is 125. The van der Waals surface area contributed by atoms with Crippen LogP contribution in [0.15, 0.2) is 228 Å². The van der Waals surface area contributed by atoms with E-state index in [-0.39, 0.29) is 118 Å². The van der Waals surface area contributed by atoms with E-state index in [0.717, 1.165) is 81.7 Å². The number of aromatic hydroxyl groups is 2. The molecule has 36 nitrogen and oxygen atoms in total. The first-order valence-electron chi connectivity index (χ1n) is 45.9. The number of para-hydroxylation sites is 4. The van der Waals surface area contributed by atoms with E-state index in [0.29, 0.717) is 148 Å². The normalized spacial score (nSPS) is 15.3. The number of hydrogen-bond acceptors (Lipinski definition) is 37. The van der Waals surface area contributed by atoms with Gasteiger partial charge in [-0.15, -0.1) is 57.5 Å². The zero-order valence-electron chi connectivity index (χ0n) is 80.6. The highest BCUT2D eigenvalue weighted by atomic mass is 79.9. The van der Waals surface area contributed by atoms with Crippen LogP contribution in [0.2, 0.25) is 0 Å². The number of esters is 8. The molecular formula is C101H119BBr3N15O21S4. The summed E-state index contributed by atoms with van der Waals surface area (Å²) in [7, 11) is 1.61. The van der Waals surface area contributed by atoms with Crippen LogP contribution >= 0.6 is 92.6 Å². The molecule has 12 aromatic rings. The van der Waals surface area contributed by atoms with Crippen LogP contribution in [-0.2, 0) is 71.6 Å². The number of carbonyl (C=O) groups is 9. The zero-order chi connectivity index (χ0) is 104. The van der Waals surface area contributed by atoms with E-state index in [4.69, 9.17) is 70.7 Å². The molecule has 8 aromatic carbocycles. The number of rotatable bonds is 33. The quantitative estimate of drug-likeness (QED) is 0.00156. The van der Waals surface area contributed by atoms with Crippen molar-refractivity contribution in [2.24, 2.45) is 56.2 Å². The maximum atomic E-state index is 13.4. The molecular weight excluding hydrogens is 2140 g/mol. The van der Waals surface area contributed by atoms with Crippen molar-refractivity contribution < 1.29 is 101 Å². The zero-order valence-corrected chi connectivity index (χ0v) is 88.6. The minimum atomic E-state index is -0.782. The van der Waals surface area contributed by atoms with Gasteiger partial charge in [-0.2, -0.15) is 0 Å². The van der Waals surface area contributed by atoms with Crippen LogP contribution in [-0.4, -0.2) is 139 Å². The highest BCUT2D eigenvalue weighted by Gasteiger charge is 2.35. The number of nitrogen functional groups attached to an aromatic ring is 4. The molecule has 0 aliphatic heterocycles. The van der Waals surface area contributed by atoms with Crippen LogP contribution in [0.5, 0.6) is 28.7 Å². The average Bonchev–Trinajstić information content (AvgIpc) is 1.58. The van der Waals surface area contributed by atoms with E-state index >= 15 is 0 Å². The Labute approximate surface area is 880 Å². The number of aromatic nitrogens is 4. The predicted octanol–water partition coefficient (Wildman–Crippen LogP) is 23.2. The molecule has 0 radical (unpaired) electrons. The summed E-state index contributed by atoms with van der Waals surface area (Å²) >= 11 is 15.1. The van der Waals surface area contributed by atoms with E-state index in [9.17, 15) is 53.4 Å². The fourth-order valence-electron chi connectivity index (χ4n) is 14.1. The molecule has 3 aliphatic carbocycles. The second-order valence-electron chi connectivity index (χ2n) is 32.4. The highest BCUT2D eigenvalue weighted by molar-refractivity contribution is 9.69. The van der Waals surface area contributed by atoms with Gasteiger partial charge in [-0.25, -0.2) is 34.3 Å². The number of ether oxygens (including phenoxy) is 9. The van der Waals surface area contributed by atoms with E-state index in [1.54, 1.807) is 7.11 Å². The summed E-state index contributed by atoms with van der Waals surface area (Å²) in [6, 6.07) is 51.5. The number of benzene rings is 8. The van der Waals surface area contributed by atoms with Crippen LogP contribution < -0.4 is 54.1 Å². The first-order valence-corrected chi connectivity index (χ1v) is 51.9. The number of methoxy groups -OCH3 is 1. The monoisotopic (exact) mass is 2250 g/mol. The van der Waals surface area contributed by atoms with E-state index in [1.807, 2.05) is 148 Å². The smallest absolute Gasteiger partial charge is 0.369 e. The van der Waals surface area contributed by atoms with Gasteiger partial charge in [0.25, 0.3) is 0 Å². The first-order chi connectivity index (χ1) is 69.3. The number of nitrogens with zero attached hydrogens (tertiary/aromatic N) is 8. The summed E-state index contributed by atoms with van der Waals surface area (Å²) in [5.41, 5.74) is 36.8. The number of carboxylic acid groups (broad SMARTS) is 1. The molecule has 0 spiro atoms. The lowest BCUT2D eigenvalue weighted by atomic mass is 9.82. The summed E-state index contributed by atoms with van der Waals surface area (Å²) < 4.78 is 51.8. The third-order valence-corrected chi connectivity index (χ3v) is 25.3. The Balaban J connectivity index is 0.000000269. The van der Waals surface area contributed by atoms with Crippen LogP contribution in [0.3, 0.4) is 0 Å². The molecule has 3 saturated carbocycles. The number of nitrogens with one attached hydrogen (secondary N) is 2. The minimum absolute atomic E-state index is 0. The summed E-state index contributed by atoms with van der Waals surface area (Å²) in [6.07, 6.45) is 12.6. The fraction of sp³-hybridized carbons (Fsp3) is 0.337. The summed E-state index contributed by atoms with van der Waals surface area (Å²) in [5.74, 6) is -4.99. The number of phenols is 2. The van der Waals surface area contributed by atoms with Gasteiger partial charge in [0.2, 0.25) is 10.3 Å². The molecule has 0 unspecified atom stereocenters.